The standard InChI is InChI=1S/C19H11Cl2N3/c20-14-9-8-12(10-15(14)21)16-6-3-7-18(23-16)19-22-11-13-4-1-2-5-17(13)24-19/h1-11H. The number of aromatic nitrogens is 3. The molecule has 0 amide bonds. The number of benzene rings is 2. The zero-order chi connectivity index (χ0) is 16.5. The molecule has 5 heteroatoms. The van der Waals surface area contributed by atoms with Crippen LogP contribution in [0, 0.1) is 0 Å². The van der Waals surface area contributed by atoms with E-state index in [0.29, 0.717) is 21.6 Å². The predicted octanol–water partition coefficient (Wildman–Crippen LogP) is 5.67. The first kappa shape index (κ1) is 15.1. The third kappa shape index (κ3) is 2.84. The largest absolute Gasteiger partial charge is 0.244 e. The van der Waals surface area contributed by atoms with Crippen molar-refractivity contribution in [3.05, 3.63) is 76.9 Å². The van der Waals surface area contributed by atoms with Crippen LogP contribution in [-0.2, 0) is 0 Å². The van der Waals surface area contributed by atoms with E-state index in [4.69, 9.17) is 23.2 Å². The van der Waals surface area contributed by atoms with Crippen molar-refractivity contribution in [2.75, 3.05) is 0 Å². The van der Waals surface area contributed by atoms with E-state index < -0.39 is 0 Å². The number of nitrogens with zero attached hydrogens (tertiary/aromatic N) is 3. The van der Waals surface area contributed by atoms with E-state index in [2.05, 4.69) is 15.0 Å². The molecule has 0 saturated carbocycles. The number of halogens is 2. The summed E-state index contributed by atoms with van der Waals surface area (Å²) < 4.78 is 0. The predicted molar refractivity (Wildman–Crippen MR) is 98.2 cm³/mol. The number of hydrogen-bond donors (Lipinski definition) is 0. The molecule has 0 radical (unpaired) electrons. The summed E-state index contributed by atoms with van der Waals surface area (Å²) in [6, 6.07) is 19.1. The molecular formula is C19H11Cl2N3. The first-order valence-electron chi connectivity index (χ1n) is 7.35. The van der Waals surface area contributed by atoms with Gasteiger partial charge in [0.2, 0.25) is 0 Å². The van der Waals surface area contributed by atoms with Gasteiger partial charge in [0.25, 0.3) is 0 Å². The monoisotopic (exact) mass is 351 g/mol. The molecule has 0 aliphatic heterocycles. The summed E-state index contributed by atoms with van der Waals surface area (Å²) in [5.41, 5.74) is 3.29. The van der Waals surface area contributed by atoms with Gasteiger partial charge < -0.3 is 0 Å². The normalized spacial score (nSPS) is 10.9. The molecule has 0 saturated heterocycles. The van der Waals surface area contributed by atoms with Gasteiger partial charge in [-0.15, -0.1) is 0 Å². The molecule has 24 heavy (non-hydrogen) atoms. The summed E-state index contributed by atoms with van der Waals surface area (Å²) >= 11 is 12.1. The molecule has 2 aromatic carbocycles. The lowest BCUT2D eigenvalue weighted by Gasteiger charge is -2.06. The minimum Gasteiger partial charge on any atom is -0.244 e. The fraction of sp³-hybridized carbons (Fsp3) is 0. The van der Waals surface area contributed by atoms with E-state index >= 15 is 0 Å². The second-order valence-corrected chi connectivity index (χ2v) is 6.10. The van der Waals surface area contributed by atoms with Crippen molar-refractivity contribution in [1.82, 2.24) is 15.0 Å². The molecule has 2 aromatic heterocycles. The van der Waals surface area contributed by atoms with Crippen LogP contribution in [0.25, 0.3) is 33.7 Å². The Balaban J connectivity index is 1.79. The van der Waals surface area contributed by atoms with Gasteiger partial charge in [-0.25, -0.2) is 15.0 Å². The van der Waals surface area contributed by atoms with Gasteiger partial charge in [-0.2, -0.15) is 0 Å². The van der Waals surface area contributed by atoms with Crippen molar-refractivity contribution in [3.63, 3.8) is 0 Å². The molecule has 4 rings (SSSR count). The third-order valence-corrected chi connectivity index (χ3v) is 4.42. The van der Waals surface area contributed by atoms with Crippen LogP contribution >= 0.6 is 23.2 Å². The first-order chi connectivity index (χ1) is 11.7. The van der Waals surface area contributed by atoms with E-state index in [1.165, 1.54) is 0 Å². The quantitative estimate of drug-likeness (QED) is 0.467. The molecule has 2 heterocycles. The zero-order valence-corrected chi connectivity index (χ0v) is 14.0. The topological polar surface area (TPSA) is 38.7 Å². The molecule has 116 valence electrons. The van der Waals surface area contributed by atoms with Crippen LogP contribution in [0.15, 0.2) is 66.9 Å². The van der Waals surface area contributed by atoms with Crippen molar-refractivity contribution >= 4 is 34.1 Å². The minimum absolute atomic E-state index is 0.503. The summed E-state index contributed by atoms with van der Waals surface area (Å²) in [6.45, 7) is 0. The third-order valence-electron chi connectivity index (χ3n) is 3.68. The number of pyridine rings is 1. The molecule has 4 aromatic rings. The maximum absolute atomic E-state index is 6.10. The SMILES string of the molecule is Clc1ccc(-c2cccc(-c3ncc4ccccc4n3)n2)cc1Cl. The van der Waals surface area contributed by atoms with Crippen molar-refractivity contribution < 1.29 is 0 Å². The van der Waals surface area contributed by atoms with E-state index in [9.17, 15) is 0 Å². The fourth-order valence-electron chi connectivity index (χ4n) is 2.47. The molecule has 0 atom stereocenters. The molecule has 0 bridgehead atoms. The highest BCUT2D eigenvalue weighted by Crippen LogP contribution is 2.28. The first-order valence-corrected chi connectivity index (χ1v) is 8.11. The Labute approximate surface area is 148 Å². The second kappa shape index (κ2) is 6.19. The smallest absolute Gasteiger partial charge is 0.178 e. The van der Waals surface area contributed by atoms with E-state index in [1.54, 1.807) is 12.1 Å². The molecule has 3 nitrogen and oxygen atoms in total. The molecule has 0 N–H and O–H groups in total. The Bertz CT molecular complexity index is 1050. The summed E-state index contributed by atoms with van der Waals surface area (Å²) in [5.74, 6) is 0.593. The average molecular weight is 352 g/mol. The van der Waals surface area contributed by atoms with Gasteiger partial charge in [-0.1, -0.05) is 53.5 Å². The van der Waals surface area contributed by atoms with Gasteiger partial charge >= 0.3 is 0 Å². The van der Waals surface area contributed by atoms with Crippen LogP contribution in [-0.4, -0.2) is 15.0 Å². The Morgan fingerprint density at radius 1 is 0.708 bits per heavy atom. The van der Waals surface area contributed by atoms with Crippen LogP contribution < -0.4 is 0 Å². The highest BCUT2D eigenvalue weighted by molar-refractivity contribution is 6.42. The minimum atomic E-state index is 0.503. The lowest BCUT2D eigenvalue weighted by atomic mass is 10.1. The average Bonchev–Trinajstić information content (AvgIpc) is 2.64. The maximum atomic E-state index is 6.10. The Morgan fingerprint density at radius 2 is 1.54 bits per heavy atom. The molecule has 0 aliphatic rings. The number of para-hydroxylation sites is 1. The van der Waals surface area contributed by atoms with Crippen LogP contribution in [0.3, 0.4) is 0 Å². The van der Waals surface area contributed by atoms with Crippen molar-refractivity contribution in [1.29, 1.82) is 0 Å². The zero-order valence-electron chi connectivity index (χ0n) is 12.4. The Hall–Kier alpha value is -2.49. The molecule has 0 unspecified atom stereocenters. The second-order valence-electron chi connectivity index (χ2n) is 5.29. The highest BCUT2D eigenvalue weighted by atomic mass is 35.5. The van der Waals surface area contributed by atoms with Gasteiger partial charge in [-0.3, -0.25) is 0 Å². The van der Waals surface area contributed by atoms with Crippen molar-refractivity contribution in [2.24, 2.45) is 0 Å². The summed E-state index contributed by atoms with van der Waals surface area (Å²) in [4.78, 5) is 13.7. The molecule has 0 spiro atoms. The van der Waals surface area contributed by atoms with Crippen LogP contribution in [0.5, 0.6) is 0 Å². The Kier molecular flexibility index (Phi) is 3.89. The van der Waals surface area contributed by atoms with Crippen molar-refractivity contribution in [2.45, 2.75) is 0 Å². The number of fused-ring (bicyclic) bond motifs is 1. The van der Waals surface area contributed by atoms with Crippen molar-refractivity contribution in [3.8, 4) is 22.8 Å². The van der Waals surface area contributed by atoms with Crippen LogP contribution in [0.4, 0.5) is 0 Å². The molecule has 0 fully saturated rings. The molecule has 0 aliphatic carbocycles. The van der Waals surface area contributed by atoms with Crippen LogP contribution in [0.1, 0.15) is 0 Å². The number of hydrogen-bond acceptors (Lipinski definition) is 3. The summed E-state index contributed by atoms with van der Waals surface area (Å²) in [6.07, 6.45) is 1.81. The van der Waals surface area contributed by atoms with E-state index in [0.717, 1.165) is 22.2 Å². The van der Waals surface area contributed by atoms with Gasteiger partial charge in [0, 0.05) is 17.1 Å². The fourth-order valence-corrected chi connectivity index (χ4v) is 2.77. The van der Waals surface area contributed by atoms with Gasteiger partial charge in [-0.05, 0) is 30.3 Å². The Morgan fingerprint density at radius 3 is 2.42 bits per heavy atom. The molecular weight excluding hydrogens is 341 g/mol. The van der Waals surface area contributed by atoms with Gasteiger partial charge in [0.1, 0.15) is 5.69 Å². The van der Waals surface area contributed by atoms with Gasteiger partial charge in [0.05, 0.1) is 21.3 Å². The van der Waals surface area contributed by atoms with Gasteiger partial charge in [0.15, 0.2) is 5.82 Å². The summed E-state index contributed by atoms with van der Waals surface area (Å²) in [5, 5.41) is 2.03. The number of rotatable bonds is 2. The lowest BCUT2D eigenvalue weighted by Crippen LogP contribution is -1.94. The van der Waals surface area contributed by atoms with Crippen LogP contribution in [0.2, 0.25) is 10.0 Å². The van der Waals surface area contributed by atoms with E-state index in [-0.39, 0.29) is 0 Å². The summed E-state index contributed by atoms with van der Waals surface area (Å²) in [7, 11) is 0. The highest BCUT2D eigenvalue weighted by Gasteiger charge is 2.08. The van der Waals surface area contributed by atoms with E-state index in [1.807, 2.05) is 54.7 Å². The lowest BCUT2D eigenvalue weighted by molar-refractivity contribution is 1.18. The maximum Gasteiger partial charge on any atom is 0.178 e.